The third-order valence-corrected chi connectivity index (χ3v) is 7.09. The highest BCUT2D eigenvalue weighted by Gasteiger charge is 2.26. The van der Waals surface area contributed by atoms with Crippen LogP contribution in [0.5, 0.6) is 0 Å². The highest BCUT2D eigenvalue weighted by atomic mass is 19.1. The van der Waals surface area contributed by atoms with Crippen molar-refractivity contribution in [3.05, 3.63) is 70.0 Å². The van der Waals surface area contributed by atoms with Crippen LogP contribution in [0.4, 0.5) is 4.39 Å². The van der Waals surface area contributed by atoms with Gasteiger partial charge >= 0.3 is 5.63 Å². The molecule has 3 heterocycles. The van der Waals surface area contributed by atoms with Crippen LogP contribution in [-0.2, 0) is 11.2 Å². The van der Waals surface area contributed by atoms with Gasteiger partial charge < -0.3 is 18.6 Å². The summed E-state index contributed by atoms with van der Waals surface area (Å²) in [6, 6.07) is 10.0. The Labute approximate surface area is 196 Å². The molecule has 0 N–H and O–H groups in total. The topological polar surface area (TPSA) is 66.9 Å². The fraction of sp³-hybridized carbons (Fsp3) is 0.333. The maximum absolute atomic E-state index is 13.4. The molecular weight excluding hydrogens is 435 g/mol. The van der Waals surface area contributed by atoms with Crippen molar-refractivity contribution in [2.24, 2.45) is 0 Å². The van der Waals surface area contributed by atoms with E-state index in [1.165, 1.54) is 12.1 Å². The van der Waals surface area contributed by atoms with E-state index in [0.717, 1.165) is 53.4 Å². The van der Waals surface area contributed by atoms with Crippen molar-refractivity contribution in [2.45, 2.75) is 32.2 Å². The summed E-state index contributed by atoms with van der Waals surface area (Å²) in [6.07, 6.45) is 3.47. The summed E-state index contributed by atoms with van der Waals surface area (Å²) in [7, 11) is 3.90. The zero-order chi connectivity index (χ0) is 24.0. The number of aryl methyl sites for hydroxylation is 1. The highest BCUT2D eigenvalue weighted by Crippen LogP contribution is 2.34. The zero-order valence-electron chi connectivity index (χ0n) is 19.6. The van der Waals surface area contributed by atoms with Gasteiger partial charge in [-0.15, -0.1) is 0 Å². The summed E-state index contributed by atoms with van der Waals surface area (Å²) in [5.74, 6) is -0.389. The molecule has 5 rings (SSSR count). The molecule has 34 heavy (non-hydrogen) atoms. The van der Waals surface area contributed by atoms with E-state index in [-0.39, 0.29) is 24.2 Å². The minimum atomic E-state index is -0.500. The molecule has 0 unspecified atom stereocenters. The molecule has 1 aliphatic rings. The Morgan fingerprint density at radius 1 is 1.12 bits per heavy atom. The van der Waals surface area contributed by atoms with Gasteiger partial charge in [0.05, 0.1) is 18.2 Å². The molecule has 0 atom stereocenters. The highest BCUT2D eigenvalue weighted by molar-refractivity contribution is 6.02. The van der Waals surface area contributed by atoms with Crippen LogP contribution in [0.3, 0.4) is 0 Å². The Kier molecular flexibility index (Phi) is 5.73. The molecule has 0 aliphatic carbocycles. The smallest absolute Gasteiger partial charge is 0.340 e. The van der Waals surface area contributed by atoms with Gasteiger partial charge in [-0.05, 0) is 69.2 Å². The molecule has 1 aliphatic heterocycles. The summed E-state index contributed by atoms with van der Waals surface area (Å²) in [5.41, 5.74) is 3.23. The van der Waals surface area contributed by atoms with Crippen LogP contribution >= 0.6 is 0 Å². The van der Waals surface area contributed by atoms with Gasteiger partial charge in [0.1, 0.15) is 17.0 Å². The van der Waals surface area contributed by atoms with Gasteiger partial charge in [0.2, 0.25) is 5.91 Å². The third kappa shape index (κ3) is 4.01. The second-order valence-corrected chi connectivity index (χ2v) is 9.21. The first-order valence-corrected chi connectivity index (χ1v) is 11.5. The molecule has 1 amide bonds. The number of nitrogens with zero attached hydrogens (tertiary/aromatic N) is 2. The van der Waals surface area contributed by atoms with E-state index in [9.17, 15) is 14.0 Å². The maximum atomic E-state index is 13.4. The van der Waals surface area contributed by atoms with Crippen molar-refractivity contribution in [1.29, 1.82) is 0 Å². The molecule has 4 aromatic rings. The molecule has 0 radical (unpaired) electrons. The molecule has 1 fully saturated rings. The van der Waals surface area contributed by atoms with Gasteiger partial charge in [0.15, 0.2) is 0 Å². The minimum absolute atomic E-state index is 0.00118. The van der Waals surface area contributed by atoms with E-state index in [4.69, 9.17) is 8.83 Å². The summed E-state index contributed by atoms with van der Waals surface area (Å²) in [5, 5.41) is 1.58. The molecule has 0 bridgehead atoms. The summed E-state index contributed by atoms with van der Waals surface area (Å²) in [4.78, 5) is 29.9. The molecule has 0 saturated carbocycles. The first-order chi connectivity index (χ1) is 16.3. The summed E-state index contributed by atoms with van der Waals surface area (Å²) < 4.78 is 24.7. The lowest BCUT2D eigenvalue weighted by atomic mass is 9.98. The van der Waals surface area contributed by atoms with Crippen LogP contribution in [0.1, 0.15) is 24.0 Å². The van der Waals surface area contributed by atoms with E-state index < -0.39 is 5.63 Å². The number of halogens is 1. The van der Waals surface area contributed by atoms with Crippen molar-refractivity contribution in [3.8, 4) is 11.1 Å². The number of likely N-dealkylation sites (tertiary alicyclic amines) is 1. The second-order valence-electron chi connectivity index (χ2n) is 9.21. The normalized spacial score (nSPS) is 15.3. The predicted octanol–water partition coefficient (Wildman–Crippen LogP) is 4.75. The fourth-order valence-electron chi connectivity index (χ4n) is 4.83. The van der Waals surface area contributed by atoms with E-state index in [1.807, 2.05) is 20.0 Å². The average Bonchev–Trinajstić information content (AvgIpc) is 3.24. The van der Waals surface area contributed by atoms with Gasteiger partial charge in [-0.2, -0.15) is 0 Å². The van der Waals surface area contributed by atoms with Gasteiger partial charge in [0, 0.05) is 35.5 Å². The SMILES string of the molecule is Cc1c(CC(=O)N(C)C2CCN(C)CC2)c(=O)oc2cc3occ(-c4ccc(F)cc4)c3cc12. The first kappa shape index (κ1) is 22.3. The largest absolute Gasteiger partial charge is 0.464 e. The third-order valence-electron chi connectivity index (χ3n) is 7.09. The van der Waals surface area contributed by atoms with Crippen LogP contribution in [0.2, 0.25) is 0 Å². The predicted molar refractivity (Wildman–Crippen MR) is 129 cm³/mol. The number of fused-ring (bicyclic) bond motifs is 2. The molecule has 2 aromatic heterocycles. The maximum Gasteiger partial charge on any atom is 0.340 e. The Bertz CT molecular complexity index is 1430. The Balaban J connectivity index is 1.51. The number of carbonyl (C=O) groups is 1. The summed E-state index contributed by atoms with van der Waals surface area (Å²) in [6.45, 7) is 3.76. The number of rotatable bonds is 4. The number of piperidine rings is 1. The van der Waals surface area contributed by atoms with Crippen molar-refractivity contribution >= 4 is 27.8 Å². The Morgan fingerprint density at radius 3 is 2.53 bits per heavy atom. The average molecular weight is 463 g/mol. The van der Waals surface area contributed by atoms with Crippen LogP contribution in [0.25, 0.3) is 33.1 Å². The number of benzene rings is 2. The van der Waals surface area contributed by atoms with Crippen molar-refractivity contribution < 1.29 is 18.0 Å². The van der Waals surface area contributed by atoms with E-state index >= 15 is 0 Å². The second kappa shape index (κ2) is 8.72. The van der Waals surface area contributed by atoms with E-state index in [2.05, 4.69) is 11.9 Å². The lowest BCUT2D eigenvalue weighted by Crippen LogP contribution is -2.45. The van der Waals surface area contributed by atoms with Crippen molar-refractivity contribution in [3.63, 3.8) is 0 Å². The van der Waals surface area contributed by atoms with Gasteiger partial charge in [-0.3, -0.25) is 4.79 Å². The number of likely N-dealkylation sites (N-methyl/N-ethyl adjacent to an activating group) is 1. The van der Waals surface area contributed by atoms with Crippen LogP contribution in [0.15, 0.2) is 56.3 Å². The number of carbonyl (C=O) groups excluding carboxylic acids is 1. The number of hydrogen-bond acceptors (Lipinski definition) is 5. The van der Waals surface area contributed by atoms with E-state index in [0.29, 0.717) is 16.7 Å². The fourth-order valence-corrected chi connectivity index (χ4v) is 4.83. The molecule has 2 aromatic carbocycles. The minimum Gasteiger partial charge on any atom is -0.464 e. The Hall–Kier alpha value is -3.45. The molecule has 7 heteroatoms. The van der Waals surface area contributed by atoms with Crippen LogP contribution < -0.4 is 5.63 Å². The number of amides is 1. The number of hydrogen-bond donors (Lipinski definition) is 0. The first-order valence-electron chi connectivity index (χ1n) is 11.5. The van der Waals surface area contributed by atoms with Crippen LogP contribution in [0, 0.1) is 12.7 Å². The Morgan fingerprint density at radius 2 is 1.82 bits per heavy atom. The molecule has 176 valence electrons. The summed E-state index contributed by atoms with van der Waals surface area (Å²) >= 11 is 0. The molecular formula is C27H27FN2O4. The van der Waals surface area contributed by atoms with Gasteiger partial charge in [0.25, 0.3) is 0 Å². The zero-order valence-corrected chi connectivity index (χ0v) is 19.6. The van der Waals surface area contributed by atoms with E-state index in [1.54, 1.807) is 29.4 Å². The van der Waals surface area contributed by atoms with Crippen molar-refractivity contribution in [1.82, 2.24) is 9.80 Å². The standard InChI is InChI=1S/C27H27FN2O4/c1-16-20-12-22-23(17-4-6-18(28)7-5-17)15-33-24(22)14-25(20)34-27(32)21(16)13-26(31)30(3)19-8-10-29(2)11-9-19/h4-7,12,14-15,19H,8-11,13H2,1-3H3. The molecule has 6 nitrogen and oxygen atoms in total. The van der Waals surface area contributed by atoms with Crippen LogP contribution in [-0.4, -0.2) is 48.9 Å². The molecule has 1 saturated heterocycles. The van der Waals surface area contributed by atoms with Gasteiger partial charge in [-0.25, -0.2) is 9.18 Å². The quantitative estimate of drug-likeness (QED) is 0.410. The lowest BCUT2D eigenvalue weighted by molar-refractivity contribution is -0.132. The van der Waals surface area contributed by atoms with Gasteiger partial charge in [-0.1, -0.05) is 12.1 Å². The lowest BCUT2D eigenvalue weighted by Gasteiger charge is -2.35. The number of furan rings is 1. The molecule has 0 spiro atoms. The monoisotopic (exact) mass is 462 g/mol. The van der Waals surface area contributed by atoms with Crippen molar-refractivity contribution in [2.75, 3.05) is 27.2 Å².